The summed E-state index contributed by atoms with van der Waals surface area (Å²) in [5.41, 5.74) is 1.63. The summed E-state index contributed by atoms with van der Waals surface area (Å²) in [6.45, 7) is -0.0939. The van der Waals surface area contributed by atoms with Gasteiger partial charge in [0.25, 0.3) is 5.91 Å². The molecular formula is C15H12BrN3O3. The minimum absolute atomic E-state index is 0.0939. The Balaban J connectivity index is 1.62. The third kappa shape index (κ3) is 3.37. The highest BCUT2D eigenvalue weighted by Gasteiger charge is 2.05. The summed E-state index contributed by atoms with van der Waals surface area (Å²) in [5.74, 6) is 0.337. The lowest BCUT2D eigenvalue weighted by molar-refractivity contribution is -0.118. The van der Waals surface area contributed by atoms with E-state index >= 15 is 0 Å². The number of H-pyrrole nitrogens is 2. The fourth-order valence-electron chi connectivity index (χ4n) is 1.99. The van der Waals surface area contributed by atoms with Crippen LogP contribution in [0.5, 0.6) is 5.75 Å². The third-order valence-electron chi connectivity index (χ3n) is 2.98. The number of ether oxygens (including phenoxy) is 1. The molecule has 0 fully saturated rings. The van der Waals surface area contributed by atoms with Gasteiger partial charge in [-0.25, -0.2) is 4.79 Å². The summed E-state index contributed by atoms with van der Waals surface area (Å²) >= 11 is 3.33. The van der Waals surface area contributed by atoms with Crippen LogP contribution in [0.25, 0.3) is 11.0 Å². The normalized spacial score (nSPS) is 10.6. The molecule has 22 heavy (non-hydrogen) atoms. The maximum Gasteiger partial charge on any atom is 0.323 e. The van der Waals surface area contributed by atoms with E-state index in [0.717, 1.165) is 4.47 Å². The summed E-state index contributed by atoms with van der Waals surface area (Å²) in [4.78, 5) is 28.3. The van der Waals surface area contributed by atoms with E-state index in [1.165, 1.54) is 0 Å². The first-order valence-corrected chi connectivity index (χ1v) is 7.30. The number of aromatic nitrogens is 2. The average molecular weight is 362 g/mol. The largest absolute Gasteiger partial charge is 0.484 e. The third-order valence-corrected chi connectivity index (χ3v) is 3.51. The predicted octanol–water partition coefficient (Wildman–Crippen LogP) is 2.64. The molecule has 1 amide bonds. The molecule has 3 N–H and O–H groups in total. The summed E-state index contributed by atoms with van der Waals surface area (Å²) in [5, 5.41) is 2.72. The zero-order valence-corrected chi connectivity index (χ0v) is 12.9. The maximum absolute atomic E-state index is 11.9. The Bertz CT molecular complexity index is 868. The van der Waals surface area contributed by atoms with Gasteiger partial charge in [0, 0.05) is 10.2 Å². The topological polar surface area (TPSA) is 87.0 Å². The molecular weight excluding hydrogens is 350 g/mol. The molecule has 6 nitrogen and oxygen atoms in total. The van der Waals surface area contributed by atoms with Gasteiger partial charge >= 0.3 is 5.69 Å². The number of carbonyl (C=O) groups is 1. The van der Waals surface area contributed by atoms with Crippen LogP contribution in [0.15, 0.2) is 51.7 Å². The molecule has 0 aliphatic carbocycles. The van der Waals surface area contributed by atoms with E-state index in [0.29, 0.717) is 22.5 Å². The molecule has 0 unspecified atom stereocenters. The van der Waals surface area contributed by atoms with Crippen LogP contribution in [0.3, 0.4) is 0 Å². The number of rotatable bonds is 4. The van der Waals surface area contributed by atoms with Crippen LogP contribution in [-0.2, 0) is 4.79 Å². The van der Waals surface area contributed by atoms with Crippen molar-refractivity contribution in [1.29, 1.82) is 0 Å². The highest BCUT2D eigenvalue weighted by Crippen LogP contribution is 2.17. The number of fused-ring (bicyclic) bond motifs is 1. The molecule has 3 aromatic rings. The molecule has 0 atom stereocenters. The van der Waals surface area contributed by atoms with Gasteiger partial charge in [0.1, 0.15) is 5.75 Å². The van der Waals surface area contributed by atoms with E-state index in [2.05, 4.69) is 31.2 Å². The molecule has 0 saturated carbocycles. The minimum atomic E-state index is -0.281. The highest BCUT2D eigenvalue weighted by atomic mass is 79.9. The molecule has 0 bridgehead atoms. The number of benzene rings is 2. The zero-order chi connectivity index (χ0) is 15.5. The highest BCUT2D eigenvalue weighted by molar-refractivity contribution is 9.10. The van der Waals surface area contributed by atoms with Crippen molar-refractivity contribution in [1.82, 2.24) is 9.97 Å². The summed E-state index contributed by atoms with van der Waals surface area (Å²) in [6.07, 6.45) is 0. The number of imidazole rings is 1. The quantitative estimate of drug-likeness (QED) is 0.667. The number of hydrogen-bond donors (Lipinski definition) is 3. The standard InChI is InChI=1S/C15H12BrN3O3/c16-9-1-4-11(5-2-9)22-8-14(20)17-10-3-6-12-13(7-10)19-15(21)18-12/h1-7H,8H2,(H,17,20)(H2,18,19,21). The molecule has 1 aromatic heterocycles. The molecule has 0 aliphatic rings. The van der Waals surface area contributed by atoms with E-state index in [9.17, 15) is 9.59 Å². The minimum Gasteiger partial charge on any atom is -0.484 e. The smallest absolute Gasteiger partial charge is 0.323 e. The lowest BCUT2D eigenvalue weighted by atomic mass is 10.3. The summed E-state index contributed by atoms with van der Waals surface area (Å²) in [7, 11) is 0. The Morgan fingerprint density at radius 2 is 1.82 bits per heavy atom. The zero-order valence-electron chi connectivity index (χ0n) is 11.4. The lowest BCUT2D eigenvalue weighted by Gasteiger charge is -2.07. The van der Waals surface area contributed by atoms with Gasteiger partial charge in [-0.15, -0.1) is 0 Å². The molecule has 0 aliphatic heterocycles. The first-order chi connectivity index (χ1) is 10.6. The van der Waals surface area contributed by atoms with E-state index in [1.54, 1.807) is 30.3 Å². The van der Waals surface area contributed by atoms with Crippen molar-refractivity contribution < 1.29 is 9.53 Å². The van der Waals surface area contributed by atoms with Crippen molar-refractivity contribution in [3.8, 4) is 5.75 Å². The lowest BCUT2D eigenvalue weighted by Crippen LogP contribution is -2.20. The Morgan fingerprint density at radius 3 is 2.59 bits per heavy atom. The monoisotopic (exact) mass is 361 g/mol. The van der Waals surface area contributed by atoms with Crippen LogP contribution in [0.4, 0.5) is 5.69 Å². The van der Waals surface area contributed by atoms with Gasteiger partial charge in [0.05, 0.1) is 11.0 Å². The molecule has 0 spiro atoms. The van der Waals surface area contributed by atoms with E-state index < -0.39 is 0 Å². The fourth-order valence-corrected chi connectivity index (χ4v) is 2.25. The van der Waals surface area contributed by atoms with Crippen molar-refractivity contribution >= 4 is 38.6 Å². The molecule has 2 aromatic carbocycles. The van der Waals surface area contributed by atoms with Crippen molar-refractivity contribution in [2.45, 2.75) is 0 Å². The van der Waals surface area contributed by atoms with E-state index in [-0.39, 0.29) is 18.2 Å². The number of nitrogens with one attached hydrogen (secondary N) is 3. The second kappa shape index (κ2) is 6.07. The first kappa shape index (κ1) is 14.4. The molecule has 3 rings (SSSR count). The molecule has 7 heteroatoms. The predicted molar refractivity (Wildman–Crippen MR) is 87.2 cm³/mol. The number of aromatic amines is 2. The maximum atomic E-state index is 11.9. The van der Waals surface area contributed by atoms with Crippen LogP contribution < -0.4 is 15.7 Å². The number of hydrogen-bond acceptors (Lipinski definition) is 3. The van der Waals surface area contributed by atoms with Gasteiger partial charge in [-0.3, -0.25) is 4.79 Å². The molecule has 0 saturated heterocycles. The van der Waals surface area contributed by atoms with Gasteiger partial charge in [-0.2, -0.15) is 0 Å². The Kier molecular flexibility index (Phi) is 3.97. The fraction of sp³-hybridized carbons (Fsp3) is 0.0667. The number of amides is 1. The van der Waals surface area contributed by atoms with Gasteiger partial charge in [0.15, 0.2) is 6.61 Å². The molecule has 0 radical (unpaired) electrons. The van der Waals surface area contributed by atoms with Crippen molar-refractivity contribution in [2.75, 3.05) is 11.9 Å². The molecule has 112 valence electrons. The van der Waals surface area contributed by atoms with Crippen LogP contribution >= 0.6 is 15.9 Å². The van der Waals surface area contributed by atoms with Crippen molar-refractivity contribution in [3.63, 3.8) is 0 Å². The molecule has 1 heterocycles. The van der Waals surface area contributed by atoms with Gasteiger partial charge in [-0.1, -0.05) is 15.9 Å². The van der Waals surface area contributed by atoms with Crippen LogP contribution in [-0.4, -0.2) is 22.5 Å². The second-order valence-electron chi connectivity index (χ2n) is 4.63. The van der Waals surface area contributed by atoms with Gasteiger partial charge in [-0.05, 0) is 42.5 Å². The number of halogens is 1. The van der Waals surface area contributed by atoms with Gasteiger partial charge in [0.2, 0.25) is 0 Å². The number of carbonyl (C=O) groups excluding carboxylic acids is 1. The summed E-state index contributed by atoms with van der Waals surface area (Å²) < 4.78 is 6.33. The average Bonchev–Trinajstić information content (AvgIpc) is 2.86. The number of anilines is 1. The van der Waals surface area contributed by atoms with Crippen molar-refractivity contribution in [3.05, 3.63) is 57.4 Å². The van der Waals surface area contributed by atoms with Crippen molar-refractivity contribution in [2.24, 2.45) is 0 Å². The van der Waals surface area contributed by atoms with E-state index in [4.69, 9.17) is 4.74 Å². The van der Waals surface area contributed by atoms with E-state index in [1.807, 2.05) is 12.1 Å². The van der Waals surface area contributed by atoms with Gasteiger partial charge < -0.3 is 20.0 Å². The van der Waals surface area contributed by atoms with Crippen LogP contribution in [0, 0.1) is 0 Å². The Labute approximate surface area is 133 Å². The SMILES string of the molecule is O=C(COc1ccc(Br)cc1)Nc1ccc2[nH]c(=O)[nH]c2c1. The Morgan fingerprint density at radius 1 is 1.09 bits per heavy atom. The Hall–Kier alpha value is -2.54. The second-order valence-corrected chi connectivity index (χ2v) is 5.55. The van der Waals surface area contributed by atoms with Crippen LogP contribution in [0.1, 0.15) is 0 Å². The first-order valence-electron chi connectivity index (χ1n) is 6.50. The van der Waals surface area contributed by atoms with Crippen LogP contribution in [0.2, 0.25) is 0 Å². The summed E-state index contributed by atoms with van der Waals surface area (Å²) in [6, 6.07) is 12.3.